The number of hydrogen-bond donors (Lipinski definition) is 1. The van der Waals surface area contributed by atoms with Gasteiger partial charge in [-0.3, -0.25) is 5.41 Å². The van der Waals surface area contributed by atoms with E-state index in [4.69, 9.17) is 5.41 Å². The number of nitrogens with one attached hydrogen (secondary N) is 1. The van der Waals surface area contributed by atoms with Crippen molar-refractivity contribution in [3.63, 3.8) is 0 Å². The Morgan fingerprint density at radius 1 is 0.625 bits per heavy atom. The lowest BCUT2D eigenvalue weighted by atomic mass is 9.99. The van der Waals surface area contributed by atoms with Crippen molar-refractivity contribution in [1.82, 2.24) is 0 Å². The lowest BCUT2D eigenvalue weighted by Crippen LogP contribution is -2.12. The lowest BCUT2D eigenvalue weighted by Gasteiger charge is -2.10. The summed E-state index contributed by atoms with van der Waals surface area (Å²) in [6.07, 6.45) is -10.7. The highest BCUT2D eigenvalue weighted by atomic mass is 19.4. The van der Waals surface area contributed by atoms with Gasteiger partial charge in [0.05, 0.1) is 18.6 Å². The fraction of sp³-hybridized carbons (Fsp3) is 0.235. The monoisotopic (exact) mass is 345 g/mol. The van der Waals surface area contributed by atoms with Crippen LogP contribution in [0, 0.1) is 5.41 Å². The van der Waals surface area contributed by atoms with Crippen molar-refractivity contribution in [2.75, 3.05) is 0 Å². The molecule has 0 aromatic heterocycles. The minimum absolute atomic E-state index is 0.0344. The fourth-order valence-electron chi connectivity index (χ4n) is 2.21. The number of halogens is 6. The van der Waals surface area contributed by atoms with Crippen molar-refractivity contribution in [3.05, 3.63) is 70.8 Å². The van der Waals surface area contributed by atoms with Crippen LogP contribution in [-0.2, 0) is 12.8 Å². The average molecular weight is 345 g/mol. The minimum Gasteiger partial charge on any atom is -0.300 e. The highest BCUT2D eigenvalue weighted by Gasteiger charge is 2.28. The van der Waals surface area contributed by atoms with Gasteiger partial charge < -0.3 is 0 Å². The summed E-state index contributed by atoms with van der Waals surface area (Å²) in [5.74, 6) is 0. The van der Waals surface area contributed by atoms with E-state index in [1.54, 1.807) is 0 Å². The summed E-state index contributed by atoms with van der Waals surface area (Å²) in [5, 5.41) is 8.03. The van der Waals surface area contributed by atoms with E-state index in [0.717, 1.165) is 0 Å². The van der Waals surface area contributed by atoms with Crippen LogP contribution in [-0.4, -0.2) is 18.1 Å². The van der Waals surface area contributed by atoms with Gasteiger partial charge in [-0.1, -0.05) is 48.5 Å². The van der Waals surface area contributed by atoms with Crippen LogP contribution in [0.3, 0.4) is 0 Å². The normalized spacial score (nSPS) is 12.2. The molecule has 7 heteroatoms. The van der Waals surface area contributed by atoms with E-state index in [2.05, 4.69) is 0 Å². The van der Waals surface area contributed by atoms with E-state index in [9.17, 15) is 26.3 Å². The minimum atomic E-state index is -4.30. The first-order chi connectivity index (χ1) is 11.0. The Morgan fingerprint density at radius 3 is 1.17 bits per heavy atom. The summed E-state index contributed by atoms with van der Waals surface area (Å²) < 4.78 is 73.8. The van der Waals surface area contributed by atoms with Gasteiger partial charge >= 0.3 is 12.4 Å². The lowest BCUT2D eigenvalue weighted by molar-refractivity contribution is -0.128. The summed E-state index contributed by atoms with van der Waals surface area (Å²) in [6, 6.07) is 10.7. The van der Waals surface area contributed by atoms with Crippen LogP contribution in [0.25, 0.3) is 0 Å². The van der Waals surface area contributed by atoms with Gasteiger partial charge in [-0.05, 0) is 11.1 Å². The van der Waals surface area contributed by atoms with Crippen molar-refractivity contribution in [2.45, 2.75) is 25.2 Å². The molecule has 0 saturated heterocycles. The fourth-order valence-corrected chi connectivity index (χ4v) is 2.21. The van der Waals surface area contributed by atoms with Gasteiger partial charge in [0.25, 0.3) is 0 Å². The van der Waals surface area contributed by atoms with Crippen LogP contribution in [0.2, 0.25) is 0 Å². The molecular formula is C17H13F6N. The maximum absolute atomic E-state index is 12.3. The summed E-state index contributed by atoms with van der Waals surface area (Å²) in [4.78, 5) is 0. The van der Waals surface area contributed by atoms with Crippen molar-refractivity contribution in [3.8, 4) is 0 Å². The molecular weight excluding hydrogens is 332 g/mol. The molecule has 2 rings (SSSR count). The van der Waals surface area contributed by atoms with Crippen molar-refractivity contribution < 1.29 is 26.3 Å². The molecule has 0 heterocycles. The largest absolute Gasteiger partial charge is 0.393 e. The van der Waals surface area contributed by atoms with Gasteiger partial charge in [0.15, 0.2) is 0 Å². The van der Waals surface area contributed by atoms with Crippen LogP contribution in [0.5, 0.6) is 0 Å². The zero-order valence-electron chi connectivity index (χ0n) is 12.3. The molecule has 0 fully saturated rings. The average Bonchev–Trinajstić information content (AvgIpc) is 2.45. The van der Waals surface area contributed by atoms with E-state index in [-0.39, 0.29) is 16.8 Å². The first-order valence-electron chi connectivity index (χ1n) is 6.94. The number of alkyl halides is 6. The molecule has 2 aromatic rings. The molecule has 0 aliphatic heterocycles. The second kappa shape index (κ2) is 6.67. The first-order valence-corrected chi connectivity index (χ1v) is 6.94. The van der Waals surface area contributed by atoms with Crippen molar-refractivity contribution >= 4 is 5.71 Å². The van der Waals surface area contributed by atoms with Gasteiger partial charge in [-0.15, -0.1) is 0 Å². The highest BCUT2D eigenvalue weighted by molar-refractivity contribution is 6.10. The predicted molar refractivity (Wildman–Crippen MR) is 78.3 cm³/mol. The van der Waals surface area contributed by atoms with Crippen molar-refractivity contribution in [2.24, 2.45) is 0 Å². The quantitative estimate of drug-likeness (QED) is 0.573. The molecule has 0 aliphatic carbocycles. The zero-order valence-corrected chi connectivity index (χ0v) is 12.3. The predicted octanol–water partition coefficient (Wildman–Crippen LogP) is 5.31. The van der Waals surface area contributed by atoms with E-state index >= 15 is 0 Å². The topological polar surface area (TPSA) is 23.9 Å². The molecule has 0 spiro atoms. The molecule has 0 aliphatic rings. The Labute approximate surface area is 134 Å². The smallest absolute Gasteiger partial charge is 0.300 e. The van der Waals surface area contributed by atoms with Crippen LogP contribution >= 0.6 is 0 Å². The SMILES string of the molecule is N=C(c1ccc(CC(F)(F)F)cc1)c1ccc(CC(F)(F)F)cc1. The molecule has 0 bridgehead atoms. The third-order valence-corrected chi connectivity index (χ3v) is 3.29. The molecule has 1 N–H and O–H groups in total. The maximum Gasteiger partial charge on any atom is 0.393 e. The maximum atomic E-state index is 12.3. The van der Waals surface area contributed by atoms with Crippen LogP contribution < -0.4 is 0 Å². The van der Waals surface area contributed by atoms with Gasteiger partial charge in [0.1, 0.15) is 0 Å². The zero-order chi connectivity index (χ0) is 18.0. The molecule has 0 atom stereocenters. The first kappa shape index (κ1) is 18.0. The van der Waals surface area contributed by atoms with E-state index in [1.165, 1.54) is 48.5 Å². The Hall–Kier alpha value is -2.31. The van der Waals surface area contributed by atoms with Gasteiger partial charge in [0, 0.05) is 11.1 Å². The molecule has 1 nitrogen and oxygen atoms in total. The summed E-state index contributed by atoms with van der Waals surface area (Å²) in [6.45, 7) is 0. The Balaban J connectivity index is 2.11. The van der Waals surface area contributed by atoms with Gasteiger partial charge in [-0.2, -0.15) is 26.3 Å². The third-order valence-electron chi connectivity index (χ3n) is 3.29. The van der Waals surface area contributed by atoms with Gasteiger partial charge in [-0.25, -0.2) is 0 Å². The van der Waals surface area contributed by atoms with E-state index in [1.807, 2.05) is 0 Å². The number of benzene rings is 2. The molecule has 24 heavy (non-hydrogen) atoms. The molecule has 0 amide bonds. The molecule has 0 unspecified atom stereocenters. The second-order valence-corrected chi connectivity index (χ2v) is 5.35. The molecule has 128 valence electrons. The summed E-state index contributed by atoms with van der Waals surface area (Å²) >= 11 is 0. The van der Waals surface area contributed by atoms with Crippen LogP contribution in [0.1, 0.15) is 22.3 Å². The third kappa shape index (κ3) is 5.40. The molecule has 0 radical (unpaired) electrons. The Bertz CT molecular complexity index is 634. The molecule has 2 aromatic carbocycles. The Morgan fingerprint density at radius 2 is 0.917 bits per heavy atom. The van der Waals surface area contributed by atoms with Crippen LogP contribution in [0.4, 0.5) is 26.3 Å². The van der Waals surface area contributed by atoms with Crippen molar-refractivity contribution in [1.29, 1.82) is 5.41 Å². The Kier molecular flexibility index (Phi) is 5.01. The number of rotatable bonds is 4. The van der Waals surface area contributed by atoms with Crippen LogP contribution in [0.15, 0.2) is 48.5 Å². The molecule has 0 saturated carbocycles. The van der Waals surface area contributed by atoms with E-state index in [0.29, 0.717) is 11.1 Å². The van der Waals surface area contributed by atoms with Gasteiger partial charge in [0.2, 0.25) is 0 Å². The highest BCUT2D eigenvalue weighted by Crippen LogP contribution is 2.23. The summed E-state index contributed by atoms with van der Waals surface area (Å²) in [5.41, 5.74) is 0.986. The second-order valence-electron chi connectivity index (χ2n) is 5.35. The summed E-state index contributed by atoms with van der Waals surface area (Å²) in [7, 11) is 0. The van der Waals surface area contributed by atoms with E-state index < -0.39 is 25.2 Å². The number of hydrogen-bond acceptors (Lipinski definition) is 1. The standard InChI is InChI=1S/C17H13F6N/c18-16(19,20)9-11-1-5-13(6-2-11)15(24)14-7-3-12(4-8-14)10-17(21,22)23/h1-8,24H,9-10H2.